The number of benzene rings is 2. The summed E-state index contributed by atoms with van der Waals surface area (Å²) in [5.41, 5.74) is 9.70. The van der Waals surface area contributed by atoms with Crippen LogP contribution < -0.4 is 10.5 Å². The van der Waals surface area contributed by atoms with Gasteiger partial charge in [0.25, 0.3) is 0 Å². The van der Waals surface area contributed by atoms with Crippen molar-refractivity contribution < 1.29 is 4.74 Å². The molecule has 0 heterocycles. The number of hydrogen-bond donors (Lipinski definition) is 1. The zero-order valence-corrected chi connectivity index (χ0v) is 13.4. The molecule has 0 saturated carbocycles. The fraction of sp³-hybridized carbons (Fsp3) is 0.368. The lowest BCUT2D eigenvalue weighted by Gasteiger charge is -2.12. The van der Waals surface area contributed by atoms with E-state index in [4.69, 9.17) is 10.5 Å². The third-order valence-electron chi connectivity index (χ3n) is 3.64. The van der Waals surface area contributed by atoms with E-state index in [0.29, 0.717) is 5.92 Å². The largest absolute Gasteiger partial charge is 0.457 e. The minimum absolute atomic E-state index is 0.180. The van der Waals surface area contributed by atoms with Crippen molar-refractivity contribution in [3.8, 4) is 11.5 Å². The molecule has 1 unspecified atom stereocenters. The van der Waals surface area contributed by atoms with E-state index in [2.05, 4.69) is 45.0 Å². The molecule has 21 heavy (non-hydrogen) atoms. The quantitative estimate of drug-likeness (QED) is 0.855. The summed E-state index contributed by atoms with van der Waals surface area (Å²) in [7, 11) is 0. The van der Waals surface area contributed by atoms with Crippen LogP contribution in [-0.2, 0) is 6.42 Å². The second-order valence-corrected chi connectivity index (χ2v) is 6.10. The van der Waals surface area contributed by atoms with Crippen LogP contribution in [0.3, 0.4) is 0 Å². The second kappa shape index (κ2) is 6.77. The lowest BCUT2D eigenvalue weighted by atomic mass is 10.0. The summed E-state index contributed by atoms with van der Waals surface area (Å²) >= 11 is 0. The van der Waals surface area contributed by atoms with Crippen molar-refractivity contribution in [2.75, 3.05) is 0 Å². The van der Waals surface area contributed by atoms with E-state index in [9.17, 15) is 0 Å². The Balaban J connectivity index is 2.11. The van der Waals surface area contributed by atoms with Crippen molar-refractivity contribution in [2.45, 2.75) is 46.1 Å². The molecule has 0 aromatic heterocycles. The standard InChI is InChI=1S/C19H25NO/c1-13(2)16-5-8-18(9-6-16)21-19-10-7-17(12-15(4)20)14(3)11-19/h5-11,13,15H,12,20H2,1-4H3. The Labute approximate surface area is 127 Å². The van der Waals surface area contributed by atoms with Crippen LogP contribution in [0.15, 0.2) is 42.5 Å². The highest BCUT2D eigenvalue weighted by molar-refractivity contribution is 5.39. The summed E-state index contributed by atoms with van der Waals surface area (Å²) in [5.74, 6) is 2.29. The topological polar surface area (TPSA) is 35.2 Å². The van der Waals surface area contributed by atoms with Gasteiger partial charge in [-0.15, -0.1) is 0 Å². The van der Waals surface area contributed by atoms with Crippen LogP contribution in [0.25, 0.3) is 0 Å². The van der Waals surface area contributed by atoms with E-state index < -0.39 is 0 Å². The number of aryl methyl sites for hydroxylation is 1. The van der Waals surface area contributed by atoms with Gasteiger partial charge in [-0.25, -0.2) is 0 Å². The van der Waals surface area contributed by atoms with Crippen molar-refractivity contribution in [3.05, 3.63) is 59.2 Å². The SMILES string of the molecule is Cc1cc(Oc2ccc(C(C)C)cc2)ccc1CC(C)N. The first kappa shape index (κ1) is 15.6. The van der Waals surface area contributed by atoms with Gasteiger partial charge in [-0.1, -0.05) is 32.0 Å². The first-order chi connectivity index (χ1) is 9.95. The molecular formula is C19H25NO. The molecule has 0 amide bonds. The molecule has 2 N–H and O–H groups in total. The summed E-state index contributed by atoms with van der Waals surface area (Å²) in [4.78, 5) is 0. The summed E-state index contributed by atoms with van der Waals surface area (Å²) in [6, 6.07) is 14.7. The zero-order chi connectivity index (χ0) is 15.4. The second-order valence-electron chi connectivity index (χ2n) is 6.10. The number of rotatable bonds is 5. The van der Waals surface area contributed by atoms with Crippen LogP contribution in [0.1, 0.15) is 43.4 Å². The van der Waals surface area contributed by atoms with Crippen LogP contribution >= 0.6 is 0 Å². The van der Waals surface area contributed by atoms with Gasteiger partial charge in [0.05, 0.1) is 0 Å². The van der Waals surface area contributed by atoms with Gasteiger partial charge in [0, 0.05) is 6.04 Å². The Hall–Kier alpha value is -1.80. The Bertz CT molecular complexity index is 585. The van der Waals surface area contributed by atoms with Crippen molar-refractivity contribution in [1.29, 1.82) is 0 Å². The smallest absolute Gasteiger partial charge is 0.127 e. The van der Waals surface area contributed by atoms with Gasteiger partial charge in [0.2, 0.25) is 0 Å². The highest BCUT2D eigenvalue weighted by Crippen LogP contribution is 2.26. The first-order valence-corrected chi connectivity index (χ1v) is 7.58. The Kier molecular flexibility index (Phi) is 5.03. The first-order valence-electron chi connectivity index (χ1n) is 7.58. The molecule has 0 aliphatic heterocycles. The highest BCUT2D eigenvalue weighted by atomic mass is 16.5. The van der Waals surface area contributed by atoms with Gasteiger partial charge in [-0.3, -0.25) is 0 Å². The third kappa shape index (κ3) is 4.33. The molecule has 2 rings (SSSR count). The number of ether oxygens (including phenoxy) is 1. The highest BCUT2D eigenvalue weighted by Gasteiger charge is 2.05. The molecule has 2 nitrogen and oxygen atoms in total. The van der Waals surface area contributed by atoms with Gasteiger partial charge in [0.15, 0.2) is 0 Å². The molecular weight excluding hydrogens is 258 g/mol. The van der Waals surface area contributed by atoms with Crippen molar-refractivity contribution in [3.63, 3.8) is 0 Å². The third-order valence-corrected chi connectivity index (χ3v) is 3.64. The van der Waals surface area contributed by atoms with Crippen LogP contribution in [0, 0.1) is 6.92 Å². The molecule has 0 spiro atoms. The van der Waals surface area contributed by atoms with Gasteiger partial charge >= 0.3 is 0 Å². The van der Waals surface area contributed by atoms with E-state index in [0.717, 1.165) is 17.9 Å². The summed E-state index contributed by atoms with van der Waals surface area (Å²) in [6.45, 7) is 8.51. The minimum Gasteiger partial charge on any atom is -0.457 e. The van der Waals surface area contributed by atoms with E-state index in [1.165, 1.54) is 16.7 Å². The molecule has 0 bridgehead atoms. The van der Waals surface area contributed by atoms with E-state index >= 15 is 0 Å². The van der Waals surface area contributed by atoms with Gasteiger partial charge in [0.1, 0.15) is 11.5 Å². The predicted octanol–water partition coefficient (Wildman–Crippen LogP) is 4.80. The molecule has 0 fully saturated rings. The molecule has 0 radical (unpaired) electrons. The molecule has 0 aliphatic carbocycles. The lowest BCUT2D eigenvalue weighted by Crippen LogP contribution is -2.18. The van der Waals surface area contributed by atoms with Gasteiger partial charge < -0.3 is 10.5 Å². The maximum absolute atomic E-state index is 5.92. The lowest BCUT2D eigenvalue weighted by molar-refractivity contribution is 0.481. The molecule has 2 aromatic rings. The molecule has 2 aromatic carbocycles. The average Bonchev–Trinajstić information content (AvgIpc) is 2.42. The molecule has 2 heteroatoms. The molecule has 0 saturated heterocycles. The van der Waals surface area contributed by atoms with E-state index in [1.807, 2.05) is 25.1 Å². The summed E-state index contributed by atoms with van der Waals surface area (Å²) in [5, 5.41) is 0. The summed E-state index contributed by atoms with van der Waals surface area (Å²) in [6.07, 6.45) is 0.898. The fourth-order valence-electron chi connectivity index (χ4n) is 2.36. The summed E-state index contributed by atoms with van der Waals surface area (Å²) < 4.78 is 5.92. The Morgan fingerprint density at radius 1 is 0.952 bits per heavy atom. The predicted molar refractivity (Wildman–Crippen MR) is 89.1 cm³/mol. The molecule has 1 atom stereocenters. The average molecular weight is 283 g/mol. The van der Waals surface area contributed by atoms with E-state index in [1.54, 1.807) is 0 Å². The molecule has 0 aliphatic rings. The van der Waals surface area contributed by atoms with Gasteiger partial charge in [-0.05, 0) is 67.1 Å². The van der Waals surface area contributed by atoms with E-state index in [-0.39, 0.29) is 6.04 Å². The Morgan fingerprint density at radius 2 is 1.57 bits per heavy atom. The number of hydrogen-bond acceptors (Lipinski definition) is 2. The maximum Gasteiger partial charge on any atom is 0.127 e. The number of nitrogens with two attached hydrogens (primary N) is 1. The van der Waals surface area contributed by atoms with Crippen LogP contribution in [-0.4, -0.2) is 6.04 Å². The van der Waals surface area contributed by atoms with Gasteiger partial charge in [-0.2, -0.15) is 0 Å². The van der Waals surface area contributed by atoms with Crippen LogP contribution in [0.4, 0.5) is 0 Å². The van der Waals surface area contributed by atoms with Crippen molar-refractivity contribution in [1.82, 2.24) is 0 Å². The van der Waals surface area contributed by atoms with Crippen LogP contribution in [0.5, 0.6) is 11.5 Å². The normalized spacial score (nSPS) is 12.5. The maximum atomic E-state index is 5.92. The minimum atomic E-state index is 0.180. The van der Waals surface area contributed by atoms with Crippen molar-refractivity contribution >= 4 is 0 Å². The van der Waals surface area contributed by atoms with Crippen LogP contribution in [0.2, 0.25) is 0 Å². The fourth-order valence-corrected chi connectivity index (χ4v) is 2.36. The van der Waals surface area contributed by atoms with Crippen molar-refractivity contribution in [2.24, 2.45) is 5.73 Å². The Morgan fingerprint density at radius 3 is 2.10 bits per heavy atom. The zero-order valence-electron chi connectivity index (χ0n) is 13.4. The molecule has 112 valence electrons. The monoisotopic (exact) mass is 283 g/mol.